The molecule has 2 heterocycles. The van der Waals surface area contributed by atoms with Crippen LogP contribution >= 0.6 is 0 Å². The van der Waals surface area contributed by atoms with Crippen molar-refractivity contribution in [3.63, 3.8) is 0 Å². The van der Waals surface area contributed by atoms with E-state index < -0.39 is 0 Å². The molecule has 1 aliphatic rings. The Morgan fingerprint density at radius 1 is 1.00 bits per heavy atom. The van der Waals surface area contributed by atoms with E-state index in [9.17, 15) is 4.79 Å². The zero-order valence-electron chi connectivity index (χ0n) is 14.3. The second kappa shape index (κ2) is 7.26. The number of amides is 1. The highest BCUT2D eigenvalue weighted by Crippen LogP contribution is 2.26. The highest BCUT2D eigenvalue weighted by molar-refractivity contribution is 5.94. The molecule has 0 atom stereocenters. The fraction of sp³-hybridized carbons (Fsp3) is 0.211. The number of rotatable bonds is 5. The largest absolute Gasteiger partial charge is 0.362 e. The molecule has 4 rings (SSSR count). The summed E-state index contributed by atoms with van der Waals surface area (Å²) in [6.45, 7) is 1.26. The molecule has 0 spiro atoms. The van der Waals surface area contributed by atoms with E-state index in [-0.39, 0.29) is 5.91 Å². The number of benzene rings is 2. The van der Waals surface area contributed by atoms with Crippen molar-refractivity contribution in [3.05, 3.63) is 66.5 Å². The maximum Gasteiger partial charge on any atom is 0.243 e. The van der Waals surface area contributed by atoms with Gasteiger partial charge in [-0.25, -0.2) is 0 Å². The number of nitrogens with one attached hydrogen (secondary N) is 2. The number of nitrogens with zero attached hydrogens (tertiary/aromatic N) is 4. The lowest BCUT2D eigenvalue weighted by Gasteiger charge is -2.30. The first-order valence-corrected chi connectivity index (χ1v) is 8.64. The van der Waals surface area contributed by atoms with Crippen LogP contribution in [0.3, 0.4) is 0 Å². The average Bonchev–Trinajstić information content (AvgIpc) is 3.17. The van der Waals surface area contributed by atoms with Crippen molar-refractivity contribution in [2.24, 2.45) is 0 Å². The smallest absolute Gasteiger partial charge is 0.243 e. The van der Waals surface area contributed by atoms with Gasteiger partial charge >= 0.3 is 0 Å². The molecule has 2 aromatic carbocycles. The average molecular weight is 348 g/mol. The summed E-state index contributed by atoms with van der Waals surface area (Å²) in [5.41, 5.74) is 7.10. The first-order chi connectivity index (χ1) is 12.8. The monoisotopic (exact) mass is 348 g/mol. The quantitative estimate of drug-likeness (QED) is 0.741. The van der Waals surface area contributed by atoms with Gasteiger partial charge in [-0.1, -0.05) is 23.1 Å². The summed E-state index contributed by atoms with van der Waals surface area (Å²) < 4.78 is 0. The Balaban J connectivity index is 1.36. The first-order valence-electron chi connectivity index (χ1n) is 8.64. The van der Waals surface area contributed by atoms with Crippen molar-refractivity contribution in [2.45, 2.75) is 12.8 Å². The Bertz CT molecular complexity index is 875. The van der Waals surface area contributed by atoms with Crippen LogP contribution < -0.4 is 15.6 Å². The predicted molar refractivity (Wildman–Crippen MR) is 101 cm³/mol. The summed E-state index contributed by atoms with van der Waals surface area (Å²) in [5.74, 6) is -0.0174. The zero-order chi connectivity index (χ0) is 17.8. The van der Waals surface area contributed by atoms with Gasteiger partial charge in [0.15, 0.2) is 0 Å². The number of anilines is 3. The standard InChI is InChI=1S/C19H20N6O/c26-19(14-24-13-3-5-15-4-1-2-6-18(15)24)22-16-7-9-17(10-8-16)23-25-20-11-12-21-25/h1-2,4,6-12,23H,3,5,13-14H2,(H,22,26). The van der Waals surface area contributed by atoms with Gasteiger partial charge in [0.25, 0.3) is 0 Å². The van der Waals surface area contributed by atoms with Crippen LogP contribution in [0.2, 0.25) is 0 Å². The van der Waals surface area contributed by atoms with E-state index in [1.165, 1.54) is 16.2 Å². The van der Waals surface area contributed by atoms with Crippen LogP contribution in [0.15, 0.2) is 60.9 Å². The fourth-order valence-electron chi connectivity index (χ4n) is 3.17. The van der Waals surface area contributed by atoms with Gasteiger partial charge in [-0.05, 0) is 48.7 Å². The number of carbonyl (C=O) groups excluding carboxylic acids is 1. The van der Waals surface area contributed by atoms with Gasteiger partial charge in [0.2, 0.25) is 5.91 Å². The molecule has 0 unspecified atom stereocenters. The van der Waals surface area contributed by atoms with Crippen LogP contribution in [-0.2, 0) is 11.2 Å². The number of fused-ring (bicyclic) bond motifs is 1. The third-order valence-corrected chi connectivity index (χ3v) is 4.36. The predicted octanol–water partition coefficient (Wildman–Crippen LogP) is 2.54. The van der Waals surface area contributed by atoms with Crippen LogP contribution in [0.25, 0.3) is 0 Å². The molecule has 0 bridgehead atoms. The summed E-state index contributed by atoms with van der Waals surface area (Å²) in [6, 6.07) is 15.8. The van der Waals surface area contributed by atoms with Gasteiger partial charge in [-0.2, -0.15) is 0 Å². The van der Waals surface area contributed by atoms with Crippen molar-refractivity contribution in [1.29, 1.82) is 0 Å². The molecule has 7 nitrogen and oxygen atoms in total. The summed E-state index contributed by atoms with van der Waals surface area (Å²) >= 11 is 0. The maximum atomic E-state index is 12.4. The number of para-hydroxylation sites is 1. The lowest BCUT2D eigenvalue weighted by atomic mass is 10.0. The first kappa shape index (κ1) is 16.1. The summed E-state index contributed by atoms with van der Waals surface area (Å²) in [5, 5.41) is 10.9. The number of aromatic nitrogens is 3. The topological polar surface area (TPSA) is 75.1 Å². The van der Waals surface area contributed by atoms with E-state index in [1.54, 1.807) is 12.4 Å². The van der Waals surface area contributed by atoms with Gasteiger partial charge in [0.05, 0.1) is 24.6 Å². The minimum Gasteiger partial charge on any atom is -0.362 e. The fourth-order valence-corrected chi connectivity index (χ4v) is 3.17. The van der Waals surface area contributed by atoms with E-state index >= 15 is 0 Å². The normalized spacial score (nSPS) is 13.2. The highest BCUT2D eigenvalue weighted by atomic mass is 16.2. The van der Waals surface area contributed by atoms with Crippen molar-refractivity contribution >= 4 is 23.0 Å². The van der Waals surface area contributed by atoms with E-state index in [2.05, 4.69) is 44.0 Å². The minimum atomic E-state index is -0.0174. The van der Waals surface area contributed by atoms with Crippen LogP contribution in [-0.4, -0.2) is 34.1 Å². The van der Waals surface area contributed by atoms with Gasteiger partial charge < -0.3 is 10.2 Å². The number of hydrogen-bond acceptors (Lipinski definition) is 5. The summed E-state index contributed by atoms with van der Waals surface area (Å²) in [4.78, 5) is 16.0. The van der Waals surface area contributed by atoms with Crippen LogP contribution in [0.4, 0.5) is 17.1 Å². The zero-order valence-corrected chi connectivity index (χ0v) is 14.3. The molecule has 0 aliphatic carbocycles. The van der Waals surface area contributed by atoms with Crippen molar-refractivity contribution in [3.8, 4) is 0 Å². The molecule has 1 aromatic heterocycles. The summed E-state index contributed by atoms with van der Waals surface area (Å²) in [6.07, 6.45) is 5.35. The molecule has 0 radical (unpaired) electrons. The van der Waals surface area contributed by atoms with Crippen molar-refractivity contribution in [2.75, 3.05) is 28.7 Å². The lowest BCUT2D eigenvalue weighted by molar-refractivity contribution is -0.115. The molecule has 0 fully saturated rings. The third-order valence-electron chi connectivity index (χ3n) is 4.36. The lowest BCUT2D eigenvalue weighted by Crippen LogP contribution is -2.36. The van der Waals surface area contributed by atoms with E-state index in [0.29, 0.717) is 6.54 Å². The van der Waals surface area contributed by atoms with E-state index in [0.717, 1.165) is 30.8 Å². The second-order valence-corrected chi connectivity index (χ2v) is 6.21. The number of hydrogen-bond donors (Lipinski definition) is 2. The Morgan fingerprint density at radius 3 is 2.54 bits per heavy atom. The third kappa shape index (κ3) is 3.66. The van der Waals surface area contributed by atoms with Crippen LogP contribution in [0, 0.1) is 0 Å². The Morgan fingerprint density at radius 2 is 1.73 bits per heavy atom. The van der Waals surface area contributed by atoms with Crippen LogP contribution in [0.1, 0.15) is 12.0 Å². The molecular formula is C19H20N6O. The van der Waals surface area contributed by atoms with Crippen molar-refractivity contribution in [1.82, 2.24) is 15.1 Å². The second-order valence-electron chi connectivity index (χ2n) is 6.21. The molecule has 26 heavy (non-hydrogen) atoms. The Kier molecular flexibility index (Phi) is 4.51. The molecular weight excluding hydrogens is 328 g/mol. The highest BCUT2D eigenvalue weighted by Gasteiger charge is 2.18. The molecule has 0 saturated heterocycles. The van der Waals surface area contributed by atoms with E-state index in [1.807, 2.05) is 30.3 Å². The minimum absolute atomic E-state index is 0.0174. The molecule has 132 valence electrons. The Labute approximate surface area is 151 Å². The number of aryl methyl sites for hydroxylation is 1. The maximum absolute atomic E-state index is 12.4. The van der Waals surface area contributed by atoms with Crippen LogP contribution in [0.5, 0.6) is 0 Å². The number of carbonyl (C=O) groups is 1. The molecule has 2 N–H and O–H groups in total. The molecule has 1 aliphatic heterocycles. The molecule has 3 aromatic rings. The van der Waals surface area contributed by atoms with Gasteiger partial charge in [-0.15, -0.1) is 10.2 Å². The van der Waals surface area contributed by atoms with E-state index in [4.69, 9.17) is 0 Å². The molecule has 1 amide bonds. The van der Waals surface area contributed by atoms with Crippen molar-refractivity contribution < 1.29 is 4.79 Å². The SMILES string of the molecule is O=C(CN1CCCc2ccccc21)Nc1ccc(Nn2nccn2)cc1. The van der Waals surface area contributed by atoms with Gasteiger partial charge in [0.1, 0.15) is 0 Å². The summed E-state index contributed by atoms with van der Waals surface area (Å²) in [7, 11) is 0. The van der Waals surface area contributed by atoms with Gasteiger partial charge in [0, 0.05) is 17.9 Å². The Hall–Kier alpha value is -3.35. The molecule has 0 saturated carbocycles. The molecule has 7 heteroatoms. The van der Waals surface area contributed by atoms with Gasteiger partial charge in [-0.3, -0.25) is 10.2 Å².